The third-order valence-electron chi connectivity index (χ3n) is 3.82. The van der Waals surface area contributed by atoms with Gasteiger partial charge in [-0.3, -0.25) is 9.52 Å². The Morgan fingerprint density at radius 1 is 1.14 bits per heavy atom. The van der Waals surface area contributed by atoms with Crippen LogP contribution in [-0.4, -0.2) is 38.1 Å². The molecule has 0 radical (unpaired) electrons. The van der Waals surface area contributed by atoms with Crippen LogP contribution in [0.4, 0.5) is 5.69 Å². The highest BCUT2D eigenvalue weighted by molar-refractivity contribution is 7.92. The number of carbonyl (C=O) groups is 1. The molecule has 0 unspecified atom stereocenters. The fraction of sp³-hybridized carbons (Fsp3) is 0.562. The molecule has 0 bridgehead atoms. The van der Waals surface area contributed by atoms with Crippen LogP contribution in [0.15, 0.2) is 24.3 Å². The minimum absolute atomic E-state index is 0.0279. The van der Waals surface area contributed by atoms with Gasteiger partial charge >= 0.3 is 0 Å². The van der Waals surface area contributed by atoms with E-state index in [2.05, 4.69) is 4.72 Å². The number of anilines is 1. The number of benzene rings is 1. The Hall–Kier alpha value is -1.56. The van der Waals surface area contributed by atoms with Crippen LogP contribution >= 0.6 is 0 Å². The summed E-state index contributed by atoms with van der Waals surface area (Å²) in [7, 11) is -3.30. The predicted molar refractivity (Wildman–Crippen MR) is 88.5 cm³/mol. The number of hydrogen-bond donors (Lipinski definition) is 1. The SMILES string of the molecule is CCCCS(=O)(=O)Nc1ccc(C(=O)N2CCCCC2)cc1. The lowest BCUT2D eigenvalue weighted by Crippen LogP contribution is -2.35. The Balaban J connectivity index is 1.99. The van der Waals surface area contributed by atoms with Gasteiger partial charge in [-0.2, -0.15) is 0 Å². The monoisotopic (exact) mass is 324 g/mol. The van der Waals surface area contributed by atoms with Gasteiger partial charge in [0.1, 0.15) is 0 Å². The van der Waals surface area contributed by atoms with E-state index < -0.39 is 10.0 Å². The van der Waals surface area contributed by atoms with Crippen molar-refractivity contribution in [3.63, 3.8) is 0 Å². The number of likely N-dealkylation sites (tertiary alicyclic amines) is 1. The Morgan fingerprint density at radius 3 is 2.36 bits per heavy atom. The first kappa shape index (κ1) is 16.8. The molecule has 0 aliphatic carbocycles. The molecule has 1 saturated heterocycles. The molecule has 2 rings (SSSR count). The van der Waals surface area contributed by atoms with Gasteiger partial charge in [-0.05, 0) is 49.9 Å². The van der Waals surface area contributed by atoms with E-state index >= 15 is 0 Å². The number of sulfonamides is 1. The number of nitrogens with one attached hydrogen (secondary N) is 1. The lowest BCUT2D eigenvalue weighted by molar-refractivity contribution is 0.0724. The van der Waals surface area contributed by atoms with Crippen LogP contribution in [0.1, 0.15) is 49.4 Å². The summed E-state index contributed by atoms with van der Waals surface area (Å²) in [6.45, 7) is 3.57. The molecule has 1 N–H and O–H groups in total. The lowest BCUT2D eigenvalue weighted by Gasteiger charge is -2.26. The molecule has 0 atom stereocenters. The summed E-state index contributed by atoms with van der Waals surface area (Å²) < 4.78 is 26.2. The van der Waals surface area contributed by atoms with E-state index in [1.807, 2.05) is 11.8 Å². The van der Waals surface area contributed by atoms with E-state index in [1.165, 1.54) is 6.42 Å². The Labute approximate surface area is 132 Å². The zero-order valence-corrected chi connectivity index (χ0v) is 13.9. The lowest BCUT2D eigenvalue weighted by atomic mass is 10.1. The third-order valence-corrected chi connectivity index (χ3v) is 5.19. The fourth-order valence-electron chi connectivity index (χ4n) is 2.53. The van der Waals surface area contributed by atoms with E-state index in [9.17, 15) is 13.2 Å². The maximum absolute atomic E-state index is 12.3. The molecule has 6 heteroatoms. The van der Waals surface area contributed by atoms with Crippen LogP contribution < -0.4 is 4.72 Å². The molecule has 0 aromatic heterocycles. The van der Waals surface area contributed by atoms with Crippen LogP contribution in [0.3, 0.4) is 0 Å². The predicted octanol–water partition coefficient (Wildman–Crippen LogP) is 2.85. The summed E-state index contributed by atoms with van der Waals surface area (Å²) in [6.07, 6.45) is 4.77. The van der Waals surface area contributed by atoms with Crippen LogP contribution in [0.2, 0.25) is 0 Å². The number of piperidine rings is 1. The molecule has 5 nitrogen and oxygen atoms in total. The van der Waals surface area contributed by atoms with Crippen molar-refractivity contribution < 1.29 is 13.2 Å². The highest BCUT2D eigenvalue weighted by Gasteiger charge is 2.18. The number of nitrogens with zero attached hydrogens (tertiary/aromatic N) is 1. The molecule has 1 aromatic carbocycles. The number of rotatable bonds is 6. The molecule has 1 amide bonds. The summed E-state index contributed by atoms with van der Waals surface area (Å²) in [5.41, 5.74) is 1.12. The molecule has 1 heterocycles. The second kappa shape index (κ2) is 7.63. The van der Waals surface area contributed by atoms with Gasteiger partial charge in [0.05, 0.1) is 5.75 Å². The van der Waals surface area contributed by atoms with Crippen molar-refractivity contribution in [3.05, 3.63) is 29.8 Å². The molecule has 1 aliphatic heterocycles. The molecular formula is C16H24N2O3S. The van der Waals surface area contributed by atoms with Crippen molar-refractivity contribution in [3.8, 4) is 0 Å². The van der Waals surface area contributed by atoms with Gasteiger partial charge < -0.3 is 4.90 Å². The van der Waals surface area contributed by atoms with E-state index in [4.69, 9.17) is 0 Å². The Kier molecular flexibility index (Phi) is 5.83. The van der Waals surface area contributed by atoms with Gasteiger partial charge in [-0.1, -0.05) is 13.3 Å². The minimum Gasteiger partial charge on any atom is -0.339 e. The van der Waals surface area contributed by atoms with Crippen molar-refractivity contribution in [1.29, 1.82) is 0 Å². The largest absolute Gasteiger partial charge is 0.339 e. The summed E-state index contributed by atoms with van der Waals surface area (Å²) >= 11 is 0. The Morgan fingerprint density at radius 2 is 1.77 bits per heavy atom. The summed E-state index contributed by atoms with van der Waals surface area (Å²) in [6, 6.07) is 6.69. The minimum atomic E-state index is -3.30. The molecule has 0 saturated carbocycles. The maximum atomic E-state index is 12.3. The van der Waals surface area contributed by atoms with Crippen molar-refractivity contribution in [1.82, 2.24) is 4.90 Å². The average Bonchev–Trinajstić information content (AvgIpc) is 2.53. The van der Waals surface area contributed by atoms with Crippen molar-refractivity contribution in [2.45, 2.75) is 39.0 Å². The van der Waals surface area contributed by atoms with Gasteiger partial charge in [0.25, 0.3) is 5.91 Å². The summed E-state index contributed by atoms with van der Waals surface area (Å²) in [5, 5.41) is 0. The Bertz CT molecular complexity index is 590. The van der Waals surface area contributed by atoms with E-state index in [0.29, 0.717) is 17.7 Å². The summed E-state index contributed by atoms with van der Waals surface area (Å²) in [4.78, 5) is 14.2. The van der Waals surface area contributed by atoms with E-state index in [-0.39, 0.29) is 11.7 Å². The standard InChI is InChI=1S/C16H24N2O3S/c1-2-3-13-22(20,21)17-15-9-7-14(8-10-15)16(19)18-11-5-4-6-12-18/h7-10,17H,2-6,11-13H2,1H3. The van der Waals surface area contributed by atoms with Crippen LogP contribution in [0.25, 0.3) is 0 Å². The first-order valence-electron chi connectivity index (χ1n) is 7.91. The molecular weight excluding hydrogens is 300 g/mol. The van der Waals surface area contributed by atoms with Crippen molar-refractivity contribution in [2.24, 2.45) is 0 Å². The second-order valence-corrected chi connectivity index (χ2v) is 7.55. The molecule has 1 aliphatic rings. The first-order valence-corrected chi connectivity index (χ1v) is 9.57. The summed E-state index contributed by atoms with van der Waals surface area (Å²) in [5.74, 6) is 0.151. The number of amides is 1. The first-order chi connectivity index (χ1) is 10.5. The van der Waals surface area contributed by atoms with Crippen LogP contribution in [0.5, 0.6) is 0 Å². The third kappa shape index (κ3) is 4.73. The normalized spacial score (nSPS) is 15.6. The van der Waals surface area contributed by atoms with E-state index in [1.54, 1.807) is 24.3 Å². The van der Waals surface area contributed by atoms with Gasteiger partial charge in [0, 0.05) is 24.3 Å². The van der Waals surface area contributed by atoms with Gasteiger partial charge in [-0.25, -0.2) is 8.42 Å². The van der Waals surface area contributed by atoms with Crippen molar-refractivity contribution in [2.75, 3.05) is 23.6 Å². The quantitative estimate of drug-likeness (QED) is 0.875. The highest BCUT2D eigenvalue weighted by Crippen LogP contribution is 2.16. The van der Waals surface area contributed by atoms with E-state index in [0.717, 1.165) is 32.4 Å². The smallest absolute Gasteiger partial charge is 0.253 e. The van der Waals surface area contributed by atoms with Crippen LogP contribution in [-0.2, 0) is 10.0 Å². The van der Waals surface area contributed by atoms with Gasteiger partial charge in [-0.15, -0.1) is 0 Å². The zero-order valence-electron chi connectivity index (χ0n) is 13.0. The number of unbranched alkanes of at least 4 members (excludes halogenated alkanes) is 1. The average molecular weight is 324 g/mol. The number of hydrogen-bond acceptors (Lipinski definition) is 3. The molecule has 22 heavy (non-hydrogen) atoms. The second-order valence-electron chi connectivity index (χ2n) is 5.70. The van der Waals surface area contributed by atoms with Gasteiger partial charge in [0.2, 0.25) is 10.0 Å². The molecule has 0 spiro atoms. The zero-order chi connectivity index (χ0) is 16.0. The van der Waals surface area contributed by atoms with Crippen LogP contribution in [0, 0.1) is 0 Å². The maximum Gasteiger partial charge on any atom is 0.253 e. The van der Waals surface area contributed by atoms with Gasteiger partial charge in [0.15, 0.2) is 0 Å². The molecule has 122 valence electrons. The molecule has 1 fully saturated rings. The molecule has 1 aromatic rings. The fourth-order valence-corrected chi connectivity index (χ4v) is 3.79. The number of carbonyl (C=O) groups excluding carboxylic acids is 1. The topological polar surface area (TPSA) is 66.5 Å². The van der Waals surface area contributed by atoms with Crippen molar-refractivity contribution >= 4 is 21.6 Å². The highest BCUT2D eigenvalue weighted by atomic mass is 32.2.